The molecule has 25 heavy (non-hydrogen) atoms. The molecule has 0 bridgehead atoms. The van der Waals surface area contributed by atoms with E-state index in [1.54, 1.807) is 0 Å². The van der Waals surface area contributed by atoms with Gasteiger partial charge in [-0.2, -0.15) is 0 Å². The van der Waals surface area contributed by atoms with Crippen molar-refractivity contribution in [1.82, 2.24) is 15.3 Å². The Bertz CT molecular complexity index is 840. The molecule has 1 aliphatic carbocycles. The van der Waals surface area contributed by atoms with Crippen molar-refractivity contribution in [3.8, 4) is 0 Å². The van der Waals surface area contributed by atoms with Gasteiger partial charge in [-0.1, -0.05) is 12.8 Å². The minimum atomic E-state index is -0.539. The van der Waals surface area contributed by atoms with E-state index in [4.69, 9.17) is 4.74 Å². The fraction of sp³-hybridized carbons (Fsp3) is 0.588. The van der Waals surface area contributed by atoms with Crippen LogP contribution in [0, 0.1) is 0 Å². The van der Waals surface area contributed by atoms with Gasteiger partial charge in [-0.15, -0.1) is 11.3 Å². The molecule has 1 amide bonds. The zero-order valence-electron chi connectivity index (χ0n) is 14.5. The van der Waals surface area contributed by atoms with Crippen LogP contribution in [0.5, 0.6) is 0 Å². The van der Waals surface area contributed by atoms with Crippen LogP contribution in [-0.4, -0.2) is 27.7 Å². The van der Waals surface area contributed by atoms with Crippen molar-refractivity contribution < 1.29 is 9.53 Å². The van der Waals surface area contributed by atoms with Crippen LogP contribution in [0.15, 0.2) is 14.6 Å². The van der Waals surface area contributed by atoms with Crippen molar-refractivity contribution in [2.24, 2.45) is 0 Å². The predicted molar refractivity (Wildman–Crippen MR) is 102 cm³/mol. The average Bonchev–Trinajstić information content (AvgIpc) is 2.86. The first kappa shape index (κ1) is 18.4. The molecule has 1 saturated carbocycles. The molecule has 1 aliphatic rings. The second-order valence-electron chi connectivity index (χ2n) is 7.36. The minimum Gasteiger partial charge on any atom is -0.444 e. The highest BCUT2D eigenvalue weighted by molar-refractivity contribution is 9.11. The number of ether oxygens (including phenoxy) is 1. The van der Waals surface area contributed by atoms with Crippen LogP contribution in [0.4, 0.5) is 4.79 Å². The van der Waals surface area contributed by atoms with Crippen LogP contribution in [0.1, 0.15) is 58.2 Å². The molecule has 8 heteroatoms. The number of nitrogens with one attached hydrogen (secondary N) is 2. The third-order valence-electron chi connectivity index (χ3n) is 4.19. The monoisotopic (exact) mass is 427 g/mol. The summed E-state index contributed by atoms with van der Waals surface area (Å²) in [4.78, 5) is 32.1. The molecule has 0 radical (unpaired) electrons. The molecule has 2 aromatic rings. The summed E-state index contributed by atoms with van der Waals surface area (Å²) in [6.07, 6.45) is 3.38. The van der Waals surface area contributed by atoms with E-state index in [9.17, 15) is 9.59 Å². The number of aromatic amines is 1. The van der Waals surface area contributed by atoms with Gasteiger partial charge in [0.1, 0.15) is 16.1 Å². The van der Waals surface area contributed by atoms with Gasteiger partial charge in [0, 0.05) is 12.0 Å². The third-order valence-corrected chi connectivity index (χ3v) is 5.82. The molecule has 1 fully saturated rings. The molecule has 0 aliphatic heterocycles. The molecule has 0 unspecified atom stereocenters. The number of H-pyrrole nitrogens is 1. The maximum Gasteiger partial charge on any atom is 0.407 e. The largest absolute Gasteiger partial charge is 0.444 e. The summed E-state index contributed by atoms with van der Waals surface area (Å²) in [7, 11) is 0. The topological polar surface area (TPSA) is 84.1 Å². The molecule has 2 atom stereocenters. The van der Waals surface area contributed by atoms with Gasteiger partial charge >= 0.3 is 6.09 Å². The van der Waals surface area contributed by atoms with E-state index >= 15 is 0 Å². The van der Waals surface area contributed by atoms with E-state index in [-0.39, 0.29) is 17.5 Å². The van der Waals surface area contributed by atoms with Gasteiger partial charge in [0.2, 0.25) is 0 Å². The molecular weight excluding hydrogens is 406 g/mol. The second kappa shape index (κ2) is 7.07. The maximum atomic E-state index is 12.4. The van der Waals surface area contributed by atoms with Crippen LogP contribution in [0.3, 0.4) is 0 Å². The summed E-state index contributed by atoms with van der Waals surface area (Å²) in [5.41, 5.74) is 0.0253. The van der Waals surface area contributed by atoms with Crippen LogP contribution in [0.2, 0.25) is 0 Å². The van der Waals surface area contributed by atoms with Crippen LogP contribution in [0.25, 0.3) is 10.2 Å². The Balaban J connectivity index is 1.86. The van der Waals surface area contributed by atoms with Crippen LogP contribution < -0.4 is 10.9 Å². The Hall–Kier alpha value is -1.41. The number of aromatic nitrogens is 2. The van der Waals surface area contributed by atoms with E-state index in [0.29, 0.717) is 16.0 Å². The summed E-state index contributed by atoms with van der Waals surface area (Å²) in [5.74, 6) is 0.626. The predicted octanol–water partition coefficient (Wildman–Crippen LogP) is 4.30. The molecule has 6 nitrogen and oxygen atoms in total. The molecule has 136 valence electrons. The van der Waals surface area contributed by atoms with E-state index in [1.807, 2.05) is 26.8 Å². The van der Waals surface area contributed by atoms with E-state index in [1.165, 1.54) is 11.3 Å². The fourth-order valence-electron chi connectivity index (χ4n) is 3.19. The van der Waals surface area contributed by atoms with Crippen LogP contribution in [-0.2, 0) is 4.74 Å². The molecule has 2 N–H and O–H groups in total. The molecule has 2 aromatic heterocycles. The van der Waals surface area contributed by atoms with Crippen molar-refractivity contribution in [3.05, 3.63) is 26.0 Å². The minimum absolute atomic E-state index is 0.0166. The highest BCUT2D eigenvalue weighted by Gasteiger charge is 2.31. The average molecular weight is 428 g/mol. The molecular formula is C17H22BrN3O3S. The summed E-state index contributed by atoms with van der Waals surface area (Å²) in [5, 5.41) is 2.97. The van der Waals surface area contributed by atoms with Gasteiger partial charge in [0.05, 0.1) is 9.30 Å². The molecule has 2 heterocycles. The summed E-state index contributed by atoms with van der Waals surface area (Å²) in [6, 6.07) is 1.77. The zero-order chi connectivity index (χ0) is 18.2. The normalized spacial score (nSPS) is 21.3. The molecule has 3 rings (SSSR count). The van der Waals surface area contributed by atoms with Gasteiger partial charge in [-0.25, -0.2) is 9.78 Å². The lowest BCUT2D eigenvalue weighted by molar-refractivity contribution is 0.0484. The number of hydrogen-bond donors (Lipinski definition) is 2. The quantitative estimate of drug-likeness (QED) is 0.747. The molecule has 0 saturated heterocycles. The number of carbonyl (C=O) groups excluding carboxylic acids is 1. The van der Waals surface area contributed by atoms with E-state index in [2.05, 4.69) is 31.2 Å². The van der Waals surface area contributed by atoms with Crippen molar-refractivity contribution in [2.75, 3.05) is 0 Å². The van der Waals surface area contributed by atoms with Crippen molar-refractivity contribution in [3.63, 3.8) is 0 Å². The fourth-order valence-corrected chi connectivity index (χ4v) is 4.62. The van der Waals surface area contributed by atoms with Crippen molar-refractivity contribution in [2.45, 2.75) is 64.0 Å². The van der Waals surface area contributed by atoms with E-state index < -0.39 is 11.7 Å². The zero-order valence-corrected chi connectivity index (χ0v) is 16.9. The summed E-state index contributed by atoms with van der Waals surface area (Å²) in [6.45, 7) is 5.52. The Morgan fingerprint density at radius 3 is 2.84 bits per heavy atom. The van der Waals surface area contributed by atoms with Crippen molar-refractivity contribution in [1.29, 1.82) is 0 Å². The number of fused-ring (bicyclic) bond motifs is 1. The van der Waals surface area contributed by atoms with Gasteiger partial charge < -0.3 is 15.0 Å². The smallest absolute Gasteiger partial charge is 0.407 e. The Morgan fingerprint density at radius 1 is 1.40 bits per heavy atom. The number of nitrogens with zero attached hydrogens (tertiary/aromatic N) is 1. The number of alkyl carbamates (subject to hydrolysis) is 1. The Labute approximate surface area is 158 Å². The number of thiophene rings is 1. The lowest BCUT2D eigenvalue weighted by Gasteiger charge is -2.32. The SMILES string of the molecule is CC(C)(C)OC(=O)N[C@@H]1CCCC[C@H]1c1nc2cc(Br)sc2c(=O)[nH]1. The highest BCUT2D eigenvalue weighted by Crippen LogP contribution is 2.33. The standard InChI is InChI=1S/C17H22BrN3O3S/c1-17(2,3)24-16(23)20-10-7-5-4-6-9(10)14-19-11-8-12(18)25-13(11)15(22)21-14/h8-10H,4-7H2,1-3H3,(H,20,23)(H,19,21,22)/t9-,10-/m1/s1. The Morgan fingerprint density at radius 2 is 2.12 bits per heavy atom. The maximum absolute atomic E-state index is 12.4. The number of halogens is 1. The van der Waals surface area contributed by atoms with Crippen molar-refractivity contribution >= 4 is 43.6 Å². The number of amides is 1. The first-order valence-corrected chi connectivity index (χ1v) is 10.0. The highest BCUT2D eigenvalue weighted by atomic mass is 79.9. The number of carbonyl (C=O) groups is 1. The summed E-state index contributed by atoms with van der Waals surface area (Å²) < 4.78 is 6.87. The van der Waals surface area contributed by atoms with Gasteiger partial charge in [-0.05, 0) is 55.6 Å². The molecule has 0 spiro atoms. The molecule has 0 aromatic carbocycles. The van der Waals surface area contributed by atoms with Gasteiger partial charge in [0.25, 0.3) is 5.56 Å². The number of rotatable bonds is 2. The Kier molecular flexibility index (Phi) is 5.20. The first-order chi connectivity index (χ1) is 11.7. The van der Waals surface area contributed by atoms with Crippen LogP contribution >= 0.6 is 27.3 Å². The first-order valence-electron chi connectivity index (χ1n) is 8.42. The third kappa shape index (κ3) is 4.41. The summed E-state index contributed by atoms with van der Waals surface area (Å²) >= 11 is 4.78. The lowest BCUT2D eigenvalue weighted by atomic mass is 9.84. The number of hydrogen-bond acceptors (Lipinski definition) is 5. The second-order valence-corrected chi connectivity index (χ2v) is 9.79. The van der Waals surface area contributed by atoms with Gasteiger partial charge in [0.15, 0.2) is 0 Å². The van der Waals surface area contributed by atoms with Gasteiger partial charge in [-0.3, -0.25) is 4.79 Å². The lowest BCUT2D eigenvalue weighted by Crippen LogP contribution is -2.44. The van der Waals surface area contributed by atoms with E-state index in [0.717, 1.165) is 29.5 Å².